The smallest absolute Gasteiger partial charge is 0.296 e. The molecule has 1 atom stereocenters. The molecule has 2 aromatic rings. The molecular weight excluding hydrogens is 488 g/mol. The second-order valence-electron chi connectivity index (χ2n) is 8.65. The summed E-state index contributed by atoms with van der Waals surface area (Å²) in [5.74, 6) is -1.85. The number of benzene rings is 2. The van der Waals surface area contributed by atoms with Crippen molar-refractivity contribution in [3.05, 3.63) is 59.2 Å². The summed E-state index contributed by atoms with van der Waals surface area (Å²) in [6, 6.07) is 9.96. The Morgan fingerprint density at radius 1 is 0.917 bits per heavy atom. The number of piperidine rings is 1. The quantitative estimate of drug-likeness (QED) is 0.290. The van der Waals surface area contributed by atoms with Crippen LogP contribution in [0.1, 0.15) is 58.4 Å². The predicted molar refractivity (Wildman–Crippen MR) is 127 cm³/mol. The SMILES string of the molecule is Cc1ccc(S(=O)(=O)OCCCCCOc2ccc3c(c2)C(=O)N(C2CCC(=O)NC2=O)C3=O)cc1. The van der Waals surface area contributed by atoms with Gasteiger partial charge in [-0.15, -0.1) is 0 Å². The molecule has 0 spiro atoms. The third-order valence-electron chi connectivity index (χ3n) is 6.02. The maximum atomic E-state index is 12.9. The fourth-order valence-corrected chi connectivity index (χ4v) is 5.00. The monoisotopic (exact) mass is 514 g/mol. The van der Waals surface area contributed by atoms with Crippen LogP contribution < -0.4 is 10.1 Å². The van der Waals surface area contributed by atoms with Crippen LogP contribution in [0.25, 0.3) is 0 Å². The van der Waals surface area contributed by atoms with Crippen LogP contribution in [0.15, 0.2) is 47.4 Å². The maximum absolute atomic E-state index is 12.9. The van der Waals surface area contributed by atoms with Gasteiger partial charge in [-0.1, -0.05) is 17.7 Å². The zero-order chi connectivity index (χ0) is 25.9. The molecule has 0 radical (unpaired) electrons. The molecule has 2 heterocycles. The van der Waals surface area contributed by atoms with E-state index >= 15 is 0 Å². The van der Waals surface area contributed by atoms with E-state index in [0.29, 0.717) is 31.6 Å². The Hall–Kier alpha value is -3.57. The van der Waals surface area contributed by atoms with E-state index in [4.69, 9.17) is 8.92 Å². The molecule has 1 N–H and O–H groups in total. The summed E-state index contributed by atoms with van der Waals surface area (Å²) in [6.07, 6.45) is 1.96. The van der Waals surface area contributed by atoms with Gasteiger partial charge in [0.1, 0.15) is 11.8 Å². The minimum atomic E-state index is -3.78. The third kappa shape index (κ3) is 5.47. The summed E-state index contributed by atoms with van der Waals surface area (Å²) < 4.78 is 35.1. The molecule has 11 heteroatoms. The number of carbonyl (C=O) groups is 4. The Morgan fingerprint density at radius 2 is 1.61 bits per heavy atom. The summed E-state index contributed by atoms with van der Waals surface area (Å²) in [5, 5.41) is 2.16. The average molecular weight is 515 g/mol. The highest BCUT2D eigenvalue weighted by atomic mass is 32.2. The van der Waals surface area contributed by atoms with E-state index in [1.165, 1.54) is 24.3 Å². The number of aryl methyl sites for hydroxylation is 1. The number of hydrogen-bond acceptors (Lipinski definition) is 8. The van der Waals surface area contributed by atoms with Crippen LogP contribution in [0, 0.1) is 6.92 Å². The fraction of sp³-hybridized carbons (Fsp3) is 0.360. The van der Waals surface area contributed by atoms with Gasteiger partial charge < -0.3 is 4.74 Å². The highest BCUT2D eigenvalue weighted by Gasteiger charge is 2.44. The lowest BCUT2D eigenvalue weighted by Crippen LogP contribution is -2.54. The largest absolute Gasteiger partial charge is 0.494 e. The van der Waals surface area contributed by atoms with E-state index in [9.17, 15) is 27.6 Å². The number of carbonyl (C=O) groups excluding carboxylic acids is 4. The van der Waals surface area contributed by atoms with Gasteiger partial charge in [0.25, 0.3) is 21.9 Å². The van der Waals surface area contributed by atoms with Crippen molar-refractivity contribution in [3.8, 4) is 5.75 Å². The molecule has 10 nitrogen and oxygen atoms in total. The van der Waals surface area contributed by atoms with Gasteiger partial charge in [0.2, 0.25) is 11.8 Å². The molecule has 2 aromatic carbocycles. The van der Waals surface area contributed by atoms with Crippen molar-refractivity contribution in [2.24, 2.45) is 0 Å². The second kappa shape index (κ2) is 10.6. The summed E-state index contributed by atoms with van der Waals surface area (Å²) in [5.41, 5.74) is 1.29. The highest BCUT2D eigenvalue weighted by molar-refractivity contribution is 7.86. The lowest BCUT2D eigenvalue weighted by Gasteiger charge is -2.27. The lowest BCUT2D eigenvalue weighted by molar-refractivity contribution is -0.136. The van der Waals surface area contributed by atoms with Gasteiger partial charge in [0, 0.05) is 6.42 Å². The van der Waals surface area contributed by atoms with Crippen molar-refractivity contribution in [3.63, 3.8) is 0 Å². The zero-order valence-electron chi connectivity index (χ0n) is 19.7. The number of ether oxygens (including phenoxy) is 1. The molecular formula is C25H26N2O8S. The first kappa shape index (κ1) is 25.5. The van der Waals surface area contributed by atoms with Gasteiger partial charge in [-0.3, -0.25) is 33.6 Å². The van der Waals surface area contributed by atoms with Gasteiger partial charge in [-0.05, 0) is 62.9 Å². The fourth-order valence-electron chi connectivity index (χ4n) is 4.05. The van der Waals surface area contributed by atoms with Crippen LogP contribution in [-0.2, 0) is 23.9 Å². The van der Waals surface area contributed by atoms with Crippen molar-refractivity contribution >= 4 is 33.7 Å². The Labute approximate surface area is 208 Å². The van der Waals surface area contributed by atoms with E-state index < -0.39 is 39.8 Å². The molecule has 4 amide bonds. The van der Waals surface area contributed by atoms with Crippen molar-refractivity contribution < 1.29 is 36.5 Å². The van der Waals surface area contributed by atoms with Crippen molar-refractivity contribution in [2.75, 3.05) is 13.2 Å². The molecule has 0 aromatic heterocycles. The average Bonchev–Trinajstić information content (AvgIpc) is 3.08. The van der Waals surface area contributed by atoms with E-state index in [-0.39, 0.29) is 35.5 Å². The Balaban J connectivity index is 1.23. The first-order chi connectivity index (χ1) is 17.2. The number of nitrogens with zero attached hydrogens (tertiary/aromatic N) is 1. The molecule has 36 heavy (non-hydrogen) atoms. The molecule has 0 saturated carbocycles. The highest BCUT2D eigenvalue weighted by Crippen LogP contribution is 2.30. The topological polar surface area (TPSA) is 136 Å². The molecule has 1 saturated heterocycles. The summed E-state index contributed by atoms with van der Waals surface area (Å²) in [6.45, 7) is 2.25. The van der Waals surface area contributed by atoms with Gasteiger partial charge >= 0.3 is 0 Å². The van der Waals surface area contributed by atoms with Crippen LogP contribution in [0.4, 0.5) is 0 Å². The van der Waals surface area contributed by atoms with E-state index in [0.717, 1.165) is 10.5 Å². The minimum absolute atomic E-state index is 0.0566. The maximum Gasteiger partial charge on any atom is 0.296 e. The number of nitrogens with one attached hydrogen (secondary N) is 1. The zero-order valence-corrected chi connectivity index (χ0v) is 20.5. The van der Waals surface area contributed by atoms with Gasteiger partial charge in [-0.25, -0.2) is 0 Å². The van der Waals surface area contributed by atoms with Crippen molar-refractivity contribution in [1.29, 1.82) is 0 Å². The van der Waals surface area contributed by atoms with Crippen LogP contribution in [0.5, 0.6) is 5.75 Å². The third-order valence-corrected chi connectivity index (χ3v) is 7.34. The molecule has 0 bridgehead atoms. The second-order valence-corrected chi connectivity index (χ2v) is 10.3. The predicted octanol–water partition coefficient (Wildman–Crippen LogP) is 2.35. The summed E-state index contributed by atoms with van der Waals surface area (Å²) in [7, 11) is -3.78. The Morgan fingerprint density at radius 3 is 2.33 bits per heavy atom. The normalized spacial score (nSPS) is 17.8. The number of rotatable bonds is 10. The van der Waals surface area contributed by atoms with Crippen LogP contribution in [0.2, 0.25) is 0 Å². The van der Waals surface area contributed by atoms with Crippen LogP contribution >= 0.6 is 0 Å². The number of unbranched alkanes of at least 4 members (excludes halogenated alkanes) is 2. The molecule has 0 aliphatic carbocycles. The molecule has 2 aliphatic heterocycles. The first-order valence-corrected chi connectivity index (χ1v) is 13.0. The van der Waals surface area contributed by atoms with Crippen LogP contribution in [0.3, 0.4) is 0 Å². The molecule has 2 aliphatic rings. The van der Waals surface area contributed by atoms with E-state index in [1.54, 1.807) is 18.2 Å². The number of fused-ring (bicyclic) bond motifs is 1. The van der Waals surface area contributed by atoms with Gasteiger partial charge in [0.15, 0.2) is 0 Å². The van der Waals surface area contributed by atoms with E-state index in [1.807, 2.05) is 6.92 Å². The van der Waals surface area contributed by atoms with E-state index in [2.05, 4.69) is 5.32 Å². The Bertz CT molecular complexity index is 1300. The number of amides is 4. The molecule has 1 unspecified atom stereocenters. The minimum Gasteiger partial charge on any atom is -0.494 e. The van der Waals surface area contributed by atoms with Crippen molar-refractivity contribution in [2.45, 2.75) is 50.0 Å². The lowest BCUT2D eigenvalue weighted by atomic mass is 10.0. The summed E-state index contributed by atoms with van der Waals surface area (Å²) in [4.78, 5) is 50.1. The number of imide groups is 2. The van der Waals surface area contributed by atoms with Crippen LogP contribution in [-0.4, -0.2) is 56.2 Å². The molecule has 1 fully saturated rings. The van der Waals surface area contributed by atoms with Crippen molar-refractivity contribution in [1.82, 2.24) is 10.2 Å². The molecule has 190 valence electrons. The summed E-state index contributed by atoms with van der Waals surface area (Å²) >= 11 is 0. The standard InChI is InChI=1S/C25H26N2O8S/c1-16-5-8-18(9-6-16)36(32,33)35-14-4-2-3-13-34-17-7-10-19-20(15-17)25(31)27(24(19)30)21-11-12-22(28)26-23(21)29/h5-10,15,21H,2-4,11-14H2,1H3,(H,26,28,29). The van der Waals surface area contributed by atoms with Gasteiger partial charge in [0.05, 0.1) is 29.2 Å². The Kier molecular flexibility index (Phi) is 7.51. The molecule has 4 rings (SSSR count). The first-order valence-electron chi connectivity index (χ1n) is 11.6. The number of hydrogen-bond donors (Lipinski definition) is 1. The van der Waals surface area contributed by atoms with Gasteiger partial charge in [-0.2, -0.15) is 8.42 Å².